The Morgan fingerprint density at radius 2 is 2.06 bits per heavy atom. The predicted molar refractivity (Wildman–Crippen MR) is 68.8 cm³/mol. The van der Waals surface area contributed by atoms with Crippen molar-refractivity contribution < 1.29 is 4.79 Å². The Bertz CT molecular complexity index is 547. The summed E-state index contributed by atoms with van der Waals surface area (Å²) in [5.41, 5.74) is 2.07. The number of hydrogen-bond donors (Lipinski definition) is 1. The Morgan fingerprint density at radius 1 is 1.29 bits per heavy atom. The maximum absolute atomic E-state index is 11.9. The number of anilines is 1. The zero-order valence-electron chi connectivity index (χ0n) is 9.32. The maximum Gasteiger partial charge on any atom is 0.257 e. The summed E-state index contributed by atoms with van der Waals surface area (Å²) in [5, 5.41) is 5.48. The monoisotopic (exact) mass is 267 g/mol. The number of aromatic nitrogens is 2. The van der Waals surface area contributed by atoms with Crippen LogP contribution < -0.4 is 5.32 Å². The zero-order chi connectivity index (χ0) is 12.4. The highest BCUT2D eigenvalue weighted by Crippen LogP contribution is 2.17. The van der Waals surface area contributed by atoms with E-state index in [0.717, 1.165) is 5.69 Å². The fourth-order valence-electron chi connectivity index (χ4n) is 1.34. The van der Waals surface area contributed by atoms with Gasteiger partial charge in [-0.25, -0.2) is 9.97 Å². The molecule has 0 atom stereocenters. The summed E-state index contributed by atoms with van der Waals surface area (Å²) in [5.74, 6) is -0.230. The summed E-state index contributed by atoms with van der Waals surface area (Å²) in [4.78, 5) is 20.1. The largest absolute Gasteiger partial charge is 0.298 e. The number of amides is 1. The lowest BCUT2D eigenvalue weighted by Crippen LogP contribution is -2.12. The van der Waals surface area contributed by atoms with E-state index < -0.39 is 0 Å². The van der Waals surface area contributed by atoms with Gasteiger partial charge in [-0.2, -0.15) is 0 Å². The number of nitrogens with one attached hydrogen (secondary N) is 1. The van der Waals surface area contributed by atoms with Gasteiger partial charge in [0.1, 0.15) is 5.15 Å². The molecule has 2 aromatic rings. The molecule has 2 rings (SSSR count). The molecular weight excluding hydrogens is 258 g/mol. The fourth-order valence-corrected chi connectivity index (χ4v) is 2.27. The molecule has 0 unspecified atom stereocenters. The highest BCUT2D eigenvalue weighted by molar-refractivity contribution is 7.13. The SMILES string of the molecule is Cc1cc(C(=O)Nc2nc(C)cs2)cc(Cl)n1. The third kappa shape index (κ3) is 3.01. The van der Waals surface area contributed by atoms with Crippen molar-refractivity contribution in [3.05, 3.63) is 39.6 Å². The Labute approximate surface area is 108 Å². The average molecular weight is 268 g/mol. The van der Waals surface area contributed by atoms with E-state index in [0.29, 0.717) is 21.5 Å². The van der Waals surface area contributed by atoms with Crippen LogP contribution in [0.15, 0.2) is 17.5 Å². The van der Waals surface area contributed by atoms with Crippen molar-refractivity contribution in [3.63, 3.8) is 0 Å². The van der Waals surface area contributed by atoms with Gasteiger partial charge in [0.2, 0.25) is 0 Å². The lowest BCUT2D eigenvalue weighted by molar-refractivity contribution is 0.102. The standard InChI is InChI=1S/C11H10ClN3OS/c1-6-3-8(4-9(12)13-6)10(16)15-11-14-7(2)5-17-11/h3-5H,1-2H3,(H,14,15,16). The molecular formula is C11H10ClN3OS. The molecule has 2 heterocycles. The second-order valence-electron chi connectivity index (χ2n) is 3.57. The number of rotatable bonds is 2. The van der Waals surface area contributed by atoms with Crippen LogP contribution >= 0.6 is 22.9 Å². The number of thiazole rings is 1. The third-order valence-electron chi connectivity index (χ3n) is 2.02. The van der Waals surface area contributed by atoms with Gasteiger partial charge >= 0.3 is 0 Å². The second kappa shape index (κ2) is 4.81. The predicted octanol–water partition coefficient (Wildman–Crippen LogP) is 3.06. The normalized spacial score (nSPS) is 10.3. The Kier molecular flexibility index (Phi) is 3.40. The van der Waals surface area contributed by atoms with Gasteiger partial charge in [-0.15, -0.1) is 11.3 Å². The molecule has 0 bridgehead atoms. The van der Waals surface area contributed by atoms with Crippen molar-refractivity contribution in [1.29, 1.82) is 0 Å². The lowest BCUT2D eigenvalue weighted by Gasteiger charge is -2.03. The van der Waals surface area contributed by atoms with Crippen molar-refractivity contribution in [2.24, 2.45) is 0 Å². The summed E-state index contributed by atoms with van der Waals surface area (Å²) < 4.78 is 0. The molecule has 4 nitrogen and oxygen atoms in total. The van der Waals surface area contributed by atoms with E-state index in [9.17, 15) is 4.79 Å². The Balaban J connectivity index is 2.19. The number of pyridine rings is 1. The van der Waals surface area contributed by atoms with Crippen LogP contribution in [0.3, 0.4) is 0 Å². The minimum atomic E-state index is -0.230. The van der Waals surface area contributed by atoms with Gasteiger partial charge in [-0.05, 0) is 26.0 Å². The van der Waals surface area contributed by atoms with E-state index >= 15 is 0 Å². The number of carbonyl (C=O) groups excluding carboxylic acids is 1. The van der Waals surface area contributed by atoms with Gasteiger partial charge < -0.3 is 0 Å². The van der Waals surface area contributed by atoms with Gasteiger partial charge in [0, 0.05) is 16.6 Å². The van der Waals surface area contributed by atoms with Gasteiger partial charge in [0.15, 0.2) is 5.13 Å². The summed E-state index contributed by atoms with van der Waals surface area (Å²) in [6, 6.07) is 3.21. The van der Waals surface area contributed by atoms with E-state index in [-0.39, 0.29) is 5.91 Å². The van der Waals surface area contributed by atoms with Crippen LogP contribution in [-0.2, 0) is 0 Å². The van der Waals surface area contributed by atoms with E-state index in [1.807, 2.05) is 12.3 Å². The van der Waals surface area contributed by atoms with Crippen molar-refractivity contribution in [2.45, 2.75) is 13.8 Å². The molecule has 0 fully saturated rings. The molecule has 0 aliphatic carbocycles. The van der Waals surface area contributed by atoms with Crippen molar-refractivity contribution >= 4 is 34.0 Å². The van der Waals surface area contributed by atoms with E-state index in [1.54, 1.807) is 13.0 Å². The summed E-state index contributed by atoms with van der Waals surface area (Å²) in [6.45, 7) is 3.66. The van der Waals surface area contributed by atoms with Crippen LogP contribution in [0.5, 0.6) is 0 Å². The Hall–Kier alpha value is -1.46. The molecule has 1 amide bonds. The first-order valence-electron chi connectivity index (χ1n) is 4.92. The van der Waals surface area contributed by atoms with Crippen LogP contribution in [0.2, 0.25) is 5.15 Å². The first kappa shape index (κ1) is 12.0. The number of nitrogens with zero attached hydrogens (tertiary/aromatic N) is 2. The van der Waals surface area contributed by atoms with Crippen molar-refractivity contribution in [1.82, 2.24) is 9.97 Å². The quantitative estimate of drug-likeness (QED) is 0.851. The topological polar surface area (TPSA) is 54.9 Å². The van der Waals surface area contributed by atoms with Gasteiger partial charge in [-0.3, -0.25) is 10.1 Å². The maximum atomic E-state index is 11.9. The highest BCUT2D eigenvalue weighted by Gasteiger charge is 2.10. The first-order valence-corrected chi connectivity index (χ1v) is 6.18. The summed E-state index contributed by atoms with van der Waals surface area (Å²) in [7, 11) is 0. The molecule has 88 valence electrons. The van der Waals surface area contributed by atoms with Crippen molar-refractivity contribution in [2.75, 3.05) is 5.32 Å². The van der Waals surface area contributed by atoms with E-state index in [4.69, 9.17) is 11.6 Å². The minimum absolute atomic E-state index is 0.230. The molecule has 1 N–H and O–H groups in total. The lowest BCUT2D eigenvalue weighted by atomic mass is 10.2. The number of aryl methyl sites for hydroxylation is 2. The van der Waals surface area contributed by atoms with Crippen LogP contribution in [0.4, 0.5) is 5.13 Å². The molecule has 0 aliphatic heterocycles. The van der Waals surface area contributed by atoms with E-state index in [2.05, 4.69) is 15.3 Å². The minimum Gasteiger partial charge on any atom is -0.298 e. The van der Waals surface area contributed by atoms with Crippen LogP contribution in [0.1, 0.15) is 21.7 Å². The summed E-state index contributed by atoms with van der Waals surface area (Å²) >= 11 is 7.19. The zero-order valence-corrected chi connectivity index (χ0v) is 10.9. The molecule has 0 saturated heterocycles. The van der Waals surface area contributed by atoms with Gasteiger partial charge in [0.25, 0.3) is 5.91 Å². The molecule has 2 aromatic heterocycles. The van der Waals surface area contributed by atoms with Crippen LogP contribution in [-0.4, -0.2) is 15.9 Å². The third-order valence-corrected chi connectivity index (χ3v) is 3.09. The fraction of sp³-hybridized carbons (Fsp3) is 0.182. The Morgan fingerprint density at radius 3 is 2.65 bits per heavy atom. The molecule has 0 spiro atoms. The number of carbonyl (C=O) groups is 1. The van der Waals surface area contributed by atoms with E-state index in [1.165, 1.54) is 17.4 Å². The average Bonchev–Trinajstić information content (AvgIpc) is 2.62. The molecule has 0 aliphatic rings. The van der Waals surface area contributed by atoms with Crippen molar-refractivity contribution in [3.8, 4) is 0 Å². The van der Waals surface area contributed by atoms with Crippen LogP contribution in [0.25, 0.3) is 0 Å². The van der Waals surface area contributed by atoms with Crippen LogP contribution in [0, 0.1) is 13.8 Å². The molecule has 0 radical (unpaired) electrons. The highest BCUT2D eigenvalue weighted by atomic mass is 35.5. The van der Waals surface area contributed by atoms with Gasteiger partial charge in [0.05, 0.1) is 5.69 Å². The number of hydrogen-bond acceptors (Lipinski definition) is 4. The molecule has 0 saturated carbocycles. The second-order valence-corrected chi connectivity index (χ2v) is 4.81. The smallest absolute Gasteiger partial charge is 0.257 e. The molecule has 0 aromatic carbocycles. The summed E-state index contributed by atoms with van der Waals surface area (Å²) in [6.07, 6.45) is 0. The molecule has 17 heavy (non-hydrogen) atoms. The van der Waals surface area contributed by atoms with Gasteiger partial charge in [-0.1, -0.05) is 11.6 Å². The number of halogens is 1. The first-order chi connectivity index (χ1) is 8.04. The molecule has 6 heteroatoms.